The summed E-state index contributed by atoms with van der Waals surface area (Å²) < 4.78 is 30.8. The zero-order valence-electron chi connectivity index (χ0n) is 17.1. The fourth-order valence-corrected chi connectivity index (χ4v) is 4.31. The molecule has 1 fully saturated rings. The van der Waals surface area contributed by atoms with Crippen LogP contribution < -0.4 is 5.32 Å². The Labute approximate surface area is 167 Å². The van der Waals surface area contributed by atoms with Crippen LogP contribution in [0, 0.1) is 11.8 Å². The molecule has 28 heavy (non-hydrogen) atoms. The predicted octanol–water partition coefficient (Wildman–Crippen LogP) is 2.42. The summed E-state index contributed by atoms with van der Waals surface area (Å²) in [5.41, 5.74) is 0.0854. The standard InChI is InChI=1S/C20H30N2O5S/c1-13-8-6-11-18(14(13)2)21-19(23)15(3)27-20(24)16-9-7-10-17(12-16)28(25,26)22(4)5/h7,9-10,12-15,18H,6,8,11H2,1-5H3,(H,21,23)/t13-,14-,15-,18+/m1/s1. The van der Waals surface area contributed by atoms with Gasteiger partial charge in [-0.15, -0.1) is 0 Å². The van der Waals surface area contributed by atoms with E-state index in [1.54, 1.807) is 0 Å². The van der Waals surface area contributed by atoms with Gasteiger partial charge in [0.05, 0.1) is 10.5 Å². The molecule has 0 aliphatic heterocycles. The second-order valence-corrected chi connectivity index (χ2v) is 9.90. The van der Waals surface area contributed by atoms with E-state index in [1.807, 2.05) is 0 Å². The van der Waals surface area contributed by atoms with Crippen molar-refractivity contribution in [2.24, 2.45) is 11.8 Å². The van der Waals surface area contributed by atoms with Crippen LogP contribution in [0.1, 0.15) is 50.4 Å². The lowest BCUT2D eigenvalue weighted by molar-refractivity contribution is -0.130. The van der Waals surface area contributed by atoms with Crippen LogP contribution in [-0.4, -0.2) is 50.8 Å². The predicted molar refractivity (Wildman–Crippen MR) is 106 cm³/mol. The van der Waals surface area contributed by atoms with Crippen molar-refractivity contribution in [1.29, 1.82) is 0 Å². The van der Waals surface area contributed by atoms with Crippen LogP contribution in [0.3, 0.4) is 0 Å². The van der Waals surface area contributed by atoms with Crippen LogP contribution in [-0.2, 0) is 19.6 Å². The van der Waals surface area contributed by atoms with E-state index >= 15 is 0 Å². The lowest BCUT2D eigenvalue weighted by Gasteiger charge is -2.35. The normalized spacial score (nSPS) is 23.9. The number of rotatable bonds is 6. The lowest BCUT2D eigenvalue weighted by atomic mass is 9.78. The Hall–Kier alpha value is -1.93. The highest BCUT2D eigenvalue weighted by Crippen LogP contribution is 2.29. The zero-order valence-corrected chi connectivity index (χ0v) is 18.0. The monoisotopic (exact) mass is 410 g/mol. The van der Waals surface area contributed by atoms with E-state index in [0.29, 0.717) is 11.8 Å². The van der Waals surface area contributed by atoms with Crippen LogP contribution >= 0.6 is 0 Å². The fraction of sp³-hybridized carbons (Fsp3) is 0.600. The number of esters is 1. The zero-order chi connectivity index (χ0) is 21.1. The summed E-state index contributed by atoms with van der Waals surface area (Å²) in [5.74, 6) is -0.160. The Morgan fingerprint density at radius 1 is 1.21 bits per heavy atom. The minimum absolute atomic E-state index is 0.00549. The first kappa shape index (κ1) is 22.4. The van der Waals surface area contributed by atoms with Gasteiger partial charge in [-0.3, -0.25) is 4.79 Å². The van der Waals surface area contributed by atoms with Gasteiger partial charge in [0.2, 0.25) is 10.0 Å². The average molecular weight is 411 g/mol. The molecule has 1 N–H and O–H groups in total. The summed E-state index contributed by atoms with van der Waals surface area (Å²) in [7, 11) is -0.829. The minimum Gasteiger partial charge on any atom is -0.449 e. The van der Waals surface area contributed by atoms with Gasteiger partial charge in [0.15, 0.2) is 6.10 Å². The maximum absolute atomic E-state index is 12.5. The Morgan fingerprint density at radius 2 is 1.89 bits per heavy atom. The van der Waals surface area contributed by atoms with Crippen LogP contribution in [0.15, 0.2) is 29.2 Å². The highest BCUT2D eigenvalue weighted by atomic mass is 32.2. The molecule has 4 atom stereocenters. The lowest BCUT2D eigenvalue weighted by Crippen LogP contribution is -2.47. The smallest absolute Gasteiger partial charge is 0.338 e. The molecule has 0 unspecified atom stereocenters. The topological polar surface area (TPSA) is 92.8 Å². The maximum atomic E-state index is 12.5. The van der Waals surface area contributed by atoms with E-state index < -0.39 is 22.1 Å². The Morgan fingerprint density at radius 3 is 2.54 bits per heavy atom. The fourth-order valence-electron chi connectivity index (χ4n) is 3.36. The van der Waals surface area contributed by atoms with E-state index in [-0.39, 0.29) is 22.4 Å². The highest BCUT2D eigenvalue weighted by Gasteiger charge is 2.30. The van der Waals surface area contributed by atoms with Crippen molar-refractivity contribution in [3.05, 3.63) is 29.8 Å². The van der Waals surface area contributed by atoms with Crippen LogP contribution in [0.25, 0.3) is 0 Å². The minimum atomic E-state index is -3.66. The van der Waals surface area contributed by atoms with E-state index in [0.717, 1.165) is 23.6 Å². The van der Waals surface area contributed by atoms with Gasteiger partial charge in [0.25, 0.3) is 5.91 Å². The molecule has 8 heteroatoms. The molecule has 1 aromatic rings. The van der Waals surface area contributed by atoms with E-state index in [4.69, 9.17) is 4.74 Å². The summed E-state index contributed by atoms with van der Waals surface area (Å²) in [6, 6.07) is 5.68. The van der Waals surface area contributed by atoms with Crippen molar-refractivity contribution in [1.82, 2.24) is 9.62 Å². The molecule has 1 amide bonds. The molecule has 1 aliphatic rings. The first-order chi connectivity index (χ1) is 13.0. The van der Waals surface area contributed by atoms with E-state index in [9.17, 15) is 18.0 Å². The number of carbonyl (C=O) groups excluding carboxylic acids is 2. The molecule has 1 saturated carbocycles. The third-order valence-electron chi connectivity index (χ3n) is 5.54. The van der Waals surface area contributed by atoms with Gasteiger partial charge in [0, 0.05) is 20.1 Å². The number of benzene rings is 1. The highest BCUT2D eigenvalue weighted by molar-refractivity contribution is 7.89. The Kier molecular flexibility index (Phi) is 7.22. The molecule has 0 bridgehead atoms. The van der Waals surface area contributed by atoms with Crippen LogP contribution in [0.5, 0.6) is 0 Å². The van der Waals surface area contributed by atoms with Crippen molar-refractivity contribution < 1.29 is 22.7 Å². The molecule has 7 nitrogen and oxygen atoms in total. The number of carbonyl (C=O) groups is 2. The van der Waals surface area contributed by atoms with Gasteiger partial charge in [0.1, 0.15) is 0 Å². The van der Waals surface area contributed by atoms with Gasteiger partial charge in [-0.25, -0.2) is 17.5 Å². The maximum Gasteiger partial charge on any atom is 0.338 e. The SMILES string of the molecule is C[C@@H]1[C@H](C)CCC[C@@H]1NC(=O)[C@@H](C)OC(=O)c1cccc(S(=O)(=O)N(C)C)c1. The number of sulfonamides is 1. The molecule has 0 radical (unpaired) electrons. The van der Waals surface area contributed by atoms with Gasteiger partial charge in [-0.1, -0.05) is 32.8 Å². The number of hydrogen-bond acceptors (Lipinski definition) is 5. The van der Waals surface area contributed by atoms with Crippen molar-refractivity contribution in [3.63, 3.8) is 0 Å². The third-order valence-corrected chi connectivity index (χ3v) is 7.35. The summed E-state index contributed by atoms with van der Waals surface area (Å²) in [6.07, 6.45) is 2.18. The van der Waals surface area contributed by atoms with Crippen molar-refractivity contribution in [3.8, 4) is 0 Å². The first-order valence-electron chi connectivity index (χ1n) is 9.58. The second kappa shape index (κ2) is 9.05. The number of hydrogen-bond donors (Lipinski definition) is 1. The number of amides is 1. The third kappa shape index (κ3) is 5.11. The Bertz CT molecular complexity index is 822. The molecule has 0 heterocycles. The first-order valence-corrected chi connectivity index (χ1v) is 11.0. The van der Waals surface area contributed by atoms with Crippen LogP contribution in [0.4, 0.5) is 0 Å². The van der Waals surface area contributed by atoms with E-state index in [2.05, 4.69) is 19.2 Å². The van der Waals surface area contributed by atoms with Crippen molar-refractivity contribution >= 4 is 21.9 Å². The molecular weight excluding hydrogens is 380 g/mol. The summed E-state index contributed by atoms with van der Waals surface area (Å²) in [5, 5.41) is 2.99. The second-order valence-electron chi connectivity index (χ2n) is 7.75. The molecule has 1 aliphatic carbocycles. The molecule has 0 spiro atoms. The Balaban J connectivity index is 2.03. The van der Waals surface area contributed by atoms with Gasteiger partial charge in [-0.2, -0.15) is 0 Å². The molecule has 1 aromatic carbocycles. The van der Waals surface area contributed by atoms with Gasteiger partial charge >= 0.3 is 5.97 Å². The quantitative estimate of drug-likeness (QED) is 0.727. The van der Waals surface area contributed by atoms with Gasteiger partial charge in [-0.05, 0) is 43.4 Å². The summed E-state index contributed by atoms with van der Waals surface area (Å²) in [6.45, 7) is 5.83. The molecule has 0 aromatic heterocycles. The summed E-state index contributed by atoms with van der Waals surface area (Å²) in [4.78, 5) is 24.9. The van der Waals surface area contributed by atoms with E-state index in [1.165, 1.54) is 45.3 Å². The largest absolute Gasteiger partial charge is 0.449 e. The van der Waals surface area contributed by atoms with Gasteiger partial charge < -0.3 is 10.1 Å². The number of ether oxygens (including phenoxy) is 1. The molecule has 2 rings (SSSR count). The molecule has 156 valence electrons. The summed E-state index contributed by atoms with van der Waals surface area (Å²) >= 11 is 0. The van der Waals surface area contributed by atoms with Crippen LogP contribution in [0.2, 0.25) is 0 Å². The molecular formula is C20H30N2O5S. The average Bonchev–Trinajstić information content (AvgIpc) is 2.65. The van der Waals surface area contributed by atoms with Crippen molar-refractivity contribution in [2.45, 2.75) is 57.1 Å². The van der Waals surface area contributed by atoms with Crippen molar-refractivity contribution in [2.75, 3.05) is 14.1 Å². The number of nitrogens with zero attached hydrogens (tertiary/aromatic N) is 1. The molecule has 0 saturated heterocycles. The number of nitrogens with one attached hydrogen (secondary N) is 1.